The molecule has 7 nitrogen and oxygen atoms in total. The summed E-state index contributed by atoms with van der Waals surface area (Å²) in [4.78, 5) is 22.5. The van der Waals surface area contributed by atoms with E-state index in [0.29, 0.717) is 12.8 Å². The minimum atomic E-state index is -0.968. The van der Waals surface area contributed by atoms with Gasteiger partial charge in [-0.2, -0.15) is 0 Å². The first-order valence-corrected chi connectivity index (χ1v) is 6.50. The number of hydrogen-bond acceptors (Lipinski definition) is 5. The summed E-state index contributed by atoms with van der Waals surface area (Å²) in [5, 5.41) is 22.7. The molecule has 1 aromatic rings. The summed E-state index contributed by atoms with van der Waals surface area (Å²) in [6, 6.07) is 3.59. The number of benzene rings is 1. The third kappa shape index (κ3) is 2.88. The summed E-state index contributed by atoms with van der Waals surface area (Å²) in [6.07, 6.45) is 3.95. The number of hydrogen-bond donors (Lipinski definition) is 3. The lowest BCUT2D eigenvalue weighted by molar-refractivity contribution is -0.384. The first kappa shape index (κ1) is 14.3. The lowest BCUT2D eigenvalue weighted by Crippen LogP contribution is -2.52. The number of nitro benzene ring substituents is 1. The molecular weight excluding hydrogens is 262 g/mol. The van der Waals surface area contributed by atoms with E-state index in [1.165, 1.54) is 12.1 Å². The highest BCUT2D eigenvalue weighted by molar-refractivity contribution is 5.99. The molecule has 108 valence electrons. The van der Waals surface area contributed by atoms with Gasteiger partial charge < -0.3 is 16.2 Å². The molecule has 2 rings (SSSR count). The number of amides is 1. The summed E-state index contributed by atoms with van der Waals surface area (Å²) in [6.45, 7) is 0. The molecule has 7 heteroatoms. The van der Waals surface area contributed by atoms with Crippen molar-refractivity contribution in [2.45, 2.75) is 37.6 Å². The summed E-state index contributed by atoms with van der Waals surface area (Å²) in [5.74, 6) is -0.638. The highest BCUT2D eigenvalue weighted by Gasteiger charge is 2.36. The van der Waals surface area contributed by atoms with E-state index in [4.69, 9.17) is 5.73 Å². The summed E-state index contributed by atoms with van der Waals surface area (Å²) >= 11 is 0. The number of nitrogens with two attached hydrogens (primary N) is 1. The van der Waals surface area contributed by atoms with Gasteiger partial charge in [-0.15, -0.1) is 0 Å². The van der Waals surface area contributed by atoms with Crippen LogP contribution in [0, 0.1) is 10.1 Å². The average Bonchev–Trinajstić information content (AvgIpc) is 2.41. The van der Waals surface area contributed by atoms with Crippen LogP contribution in [0.3, 0.4) is 0 Å². The predicted octanol–water partition coefficient (Wildman–Crippen LogP) is 1.90. The number of phenols is 1. The van der Waals surface area contributed by atoms with Crippen molar-refractivity contribution in [2.75, 3.05) is 5.32 Å². The van der Waals surface area contributed by atoms with Gasteiger partial charge in [-0.25, -0.2) is 0 Å². The van der Waals surface area contributed by atoms with Crippen LogP contribution in [0.25, 0.3) is 0 Å². The Balaban J connectivity index is 2.21. The quantitative estimate of drug-likeness (QED) is 0.443. The van der Waals surface area contributed by atoms with Gasteiger partial charge in [0.2, 0.25) is 5.91 Å². The fraction of sp³-hybridized carbons (Fsp3) is 0.462. The van der Waals surface area contributed by atoms with E-state index in [1.807, 2.05) is 0 Å². The monoisotopic (exact) mass is 279 g/mol. The van der Waals surface area contributed by atoms with Crippen LogP contribution < -0.4 is 11.1 Å². The zero-order chi connectivity index (χ0) is 14.8. The van der Waals surface area contributed by atoms with E-state index >= 15 is 0 Å². The molecule has 1 amide bonds. The Bertz CT molecular complexity index is 538. The van der Waals surface area contributed by atoms with Crippen molar-refractivity contribution in [3.05, 3.63) is 28.3 Å². The largest absolute Gasteiger partial charge is 0.508 e. The molecule has 0 aromatic heterocycles. The molecule has 0 unspecified atom stereocenters. The molecule has 1 saturated carbocycles. The van der Waals surface area contributed by atoms with E-state index in [-0.39, 0.29) is 17.1 Å². The molecule has 0 bridgehead atoms. The number of nitrogens with zero attached hydrogens (tertiary/aromatic N) is 1. The number of nitrogens with one attached hydrogen (secondary N) is 1. The Morgan fingerprint density at radius 1 is 1.35 bits per heavy atom. The fourth-order valence-electron chi connectivity index (χ4n) is 2.43. The van der Waals surface area contributed by atoms with Crippen molar-refractivity contribution >= 4 is 17.3 Å². The molecule has 1 aliphatic carbocycles. The van der Waals surface area contributed by atoms with Crippen LogP contribution in [0.5, 0.6) is 5.75 Å². The molecule has 1 aliphatic rings. The SMILES string of the molecule is NC1(C(=O)Nc2ccc(O)cc2[N+](=O)[O-])CCCCC1. The summed E-state index contributed by atoms with van der Waals surface area (Å²) in [7, 11) is 0. The Hall–Kier alpha value is -2.15. The molecule has 1 fully saturated rings. The van der Waals surface area contributed by atoms with Crippen LogP contribution >= 0.6 is 0 Å². The third-order valence-corrected chi connectivity index (χ3v) is 3.62. The van der Waals surface area contributed by atoms with Crippen molar-refractivity contribution in [3.8, 4) is 5.75 Å². The van der Waals surface area contributed by atoms with Gasteiger partial charge in [0.25, 0.3) is 5.69 Å². The molecule has 4 N–H and O–H groups in total. The molecule has 0 aliphatic heterocycles. The zero-order valence-corrected chi connectivity index (χ0v) is 11.0. The Kier molecular flexibility index (Phi) is 3.89. The second kappa shape index (κ2) is 5.46. The average molecular weight is 279 g/mol. The van der Waals surface area contributed by atoms with Gasteiger partial charge in [0.15, 0.2) is 0 Å². The molecule has 0 spiro atoms. The molecular formula is C13H17N3O4. The minimum Gasteiger partial charge on any atom is -0.508 e. The standard InChI is InChI=1S/C13H17N3O4/c14-13(6-2-1-3-7-13)12(18)15-10-5-4-9(17)8-11(10)16(19)20/h4-5,8,17H,1-3,6-7,14H2,(H,15,18). The molecule has 20 heavy (non-hydrogen) atoms. The van der Waals surface area contributed by atoms with Gasteiger partial charge in [-0.3, -0.25) is 14.9 Å². The van der Waals surface area contributed by atoms with E-state index in [0.717, 1.165) is 25.3 Å². The number of aromatic hydroxyl groups is 1. The van der Waals surface area contributed by atoms with Gasteiger partial charge >= 0.3 is 0 Å². The van der Waals surface area contributed by atoms with Gasteiger partial charge in [0.1, 0.15) is 11.4 Å². The van der Waals surface area contributed by atoms with Gasteiger partial charge in [0, 0.05) is 0 Å². The highest BCUT2D eigenvalue weighted by atomic mass is 16.6. The molecule has 1 aromatic carbocycles. The molecule has 0 saturated heterocycles. The van der Waals surface area contributed by atoms with Crippen LogP contribution in [0.1, 0.15) is 32.1 Å². The number of phenolic OH excluding ortho intramolecular Hbond substituents is 1. The Labute approximate surface area is 115 Å². The van der Waals surface area contributed by atoms with Gasteiger partial charge in [-0.05, 0) is 25.0 Å². The lowest BCUT2D eigenvalue weighted by atomic mass is 9.82. The Morgan fingerprint density at radius 2 is 2.00 bits per heavy atom. The Morgan fingerprint density at radius 3 is 2.60 bits per heavy atom. The van der Waals surface area contributed by atoms with Crippen LogP contribution in [0.2, 0.25) is 0 Å². The lowest BCUT2D eigenvalue weighted by Gasteiger charge is -2.31. The normalized spacial score (nSPS) is 17.4. The van der Waals surface area contributed by atoms with E-state index in [2.05, 4.69) is 5.32 Å². The van der Waals surface area contributed by atoms with Crippen LogP contribution in [0.4, 0.5) is 11.4 Å². The zero-order valence-electron chi connectivity index (χ0n) is 11.0. The number of carbonyl (C=O) groups is 1. The maximum Gasteiger partial charge on any atom is 0.296 e. The first-order valence-electron chi connectivity index (χ1n) is 6.50. The second-order valence-electron chi connectivity index (χ2n) is 5.13. The van der Waals surface area contributed by atoms with Crippen molar-refractivity contribution in [1.29, 1.82) is 0 Å². The van der Waals surface area contributed by atoms with Crippen LogP contribution in [0.15, 0.2) is 18.2 Å². The van der Waals surface area contributed by atoms with Crippen LogP contribution in [-0.2, 0) is 4.79 Å². The van der Waals surface area contributed by atoms with Crippen molar-refractivity contribution in [1.82, 2.24) is 0 Å². The predicted molar refractivity (Wildman–Crippen MR) is 73.4 cm³/mol. The van der Waals surface area contributed by atoms with E-state index < -0.39 is 16.4 Å². The number of anilines is 1. The summed E-state index contributed by atoms with van der Waals surface area (Å²) < 4.78 is 0. The fourth-order valence-corrected chi connectivity index (χ4v) is 2.43. The first-order chi connectivity index (χ1) is 9.42. The van der Waals surface area contributed by atoms with Crippen LogP contribution in [-0.4, -0.2) is 21.5 Å². The summed E-state index contributed by atoms with van der Waals surface area (Å²) in [5.41, 5.74) is 4.81. The van der Waals surface area contributed by atoms with Crippen molar-refractivity contribution in [3.63, 3.8) is 0 Å². The smallest absolute Gasteiger partial charge is 0.296 e. The maximum atomic E-state index is 12.2. The second-order valence-corrected chi connectivity index (χ2v) is 5.13. The third-order valence-electron chi connectivity index (χ3n) is 3.62. The maximum absolute atomic E-state index is 12.2. The number of carbonyl (C=O) groups excluding carboxylic acids is 1. The van der Waals surface area contributed by atoms with Crippen molar-refractivity contribution < 1.29 is 14.8 Å². The minimum absolute atomic E-state index is 0.0493. The number of rotatable bonds is 3. The van der Waals surface area contributed by atoms with Gasteiger partial charge in [0.05, 0.1) is 16.5 Å². The molecule has 0 radical (unpaired) electrons. The van der Waals surface area contributed by atoms with E-state index in [1.54, 1.807) is 0 Å². The molecule has 0 heterocycles. The topological polar surface area (TPSA) is 118 Å². The van der Waals surface area contributed by atoms with Crippen molar-refractivity contribution in [2.24, 2.45) is 5.73 Å². The molecule has 0 atom stereocenters. The highest BCUT2D eigenvalue weighted by Crippen LogP contribution is 2.31. The number of nitro groups is 1. The van der Waals surface area contributed by atoms with E-state index in [9.17, 15) is 20.0 Å². The van der Waals surface area contributed by atoms with Gasteiger partial charge in [-0.1, -0.05) is 19.3 Å².